The van der Waals surface area contributed by atoms with Gasteiger partial charge in [0.25, 0.3) is 10.0 Å². The molecule has 2 aromatic carbocycles. The molecule has 1 fully saturated rings. The van der Waals surface area contributed by atoms with Crippen LogP contribution in [-0.4, -0.2) is 26.1 Å². The van der Waals surface area contributed by atoms with Crippen molar-refractivity contribution >= 4 is 37.6 Å². The minimum Gasteiger partial charge on any atom is -0.492 e. The van der Waals surface area contributed by atoms with Crippen molar-refractivity contribution in [2.45, 2.75) is 17.2 Å². The number of nitrogens with one attached hydrogen (secondary N) is 1. The van der Waals surface area contributed by atoms with E-state index in [9.17, 15) is 18.3 Å². The molecular weight excluding hydrogens is 410 g/mol. The number of benzene rings is 2. The quantitative estimate of drug-likeness (QED) is 0.785. The SMILES string of the molecule is O=C(O)c1c(NS(=O)(=O)c2ccccc2Br)ccc2c1OCC1CC21. The van der Waals surface area contributed by atoms with Gasteiger partial charge in [0.1, 0.15) is 16.2 Å². The molecule has 1 saturated carbocycles. The van der Waals surface area contributed by atoms with Crippen LogP contribution in [0, 0.1) is 5.92 Å². The average Bonchev–Trinajstić information content (AvgIpc) is 3.33. The summed E-state index contributed by atoms with van der Waals surface area (Å²) in [5, 5.41) is 9.62. The molecule has 2 aromatic rings. The number of hydrogen-bond donors (Lipinski definition) is 2. The highest BCUT2D eigenvalue weighted by atomic mass is 79.9. The summed E-state index contributed by atoms with van der Waals surface area (Å²) in [5.74, 6) is -0.188. The standard InChI is InChI=1S/C17H14BrNO5S/c18-12-3-1-2-4-14(12)25(22,23)19-13-6-5-10-11-7-9(11)8-24-16(10)15(13)17(20)21/h1-6,9,11,19H,7-8H2,(H,20,21). The van der Waals surface area contributed by atoms with Crippen LogP contribution in [0.15, 0.2) is 45.8 Å². The summed E-state index contributed by atoms with van der Waals surface area (Å²) in [6.45, 7) is 0.471. The number of anilines is 1. The maximum Gasteiger partial charge on any atom is 0.341 e. The number of ether oxygens (including phenoxy) is 1. The fourth-order valence-electron chi connectivity index (χ4n) is 3.21. The molecule has 2 atom stereocenters. The summed E-state index contributed by atoms with van der Waals surface area (Å²) in [5.41, 5.74) is 0.706. The van der Waals surface area contributed by atoms with Gasteiger partial charge in [0.2, 0.25) is 0 Å². The lowest BCUT2D eigenvalue weighted by atomic mass is 10.0. The van der Waals surface area contributed by atoms with E-state index in [-0.39, 0.29) is 21.9 Å². The number of carboxylic acid groups (broad SMARTS) is 1. The van der Waals surface area contributed by atoms with E-state index in [1.54, 1.807) is 24.3 Å². The topological polar surface area (TPSA) is 92.7 Å². The highest BCUT2D eigenvalue weighted by Crippen LogP contribution is 2.55. The van der Waals surface area contributed by atoms with E-state index < -0.39 is 16.0 Å². The Kier molecular flexibility index (Phi) is 3.77. The summed E-state index contributed by atoms with van der Waals surface area (Å²) in [6.07, 6.45) is 0.980. The molecule has 0 bridgehead atoms. The van der Waals surface area contributed by atoms with Crippen molar-refractivity contribution in [3.05, 3.63) is 52.0 Å². The van der Waals surface area contributed by atoms with Crippen LogP contribution in [0.2, 0.25) is 0 Å². The first-order valence-corrected chi connectivity index (χ1v) is 9.96. The first-order chi connectivity index (χ1) is 11.9. The lowest BCUT2D eigenvalue weighted by Crippen LogP contribution is -2.19. The van der Waals surface area contributed by atoms with Crippen molar-refractivity contribution < 1.29 is 23.1 Å². The number of carboxylic acids is 1. The second-order valence-corrected chi connectivity index (χ2v) is 8.67. The summed E-state index contributed by atoms with van der Waals surface area (Å²) in [4.78, 5) is 11.8. The highest BCUT2D eigenvalue weighted by Gasteiger charge is 2.45. The van der Waals surface area contributed by atoms with Crippen LogP contribution in [0.3, 0.4) is 0 Å². The van der Waals surface area contributed by atoms with E-state index in [4.69, 9.17) is 4.74 Å². The van der Waals surface area contributed by atoms with Gasteiger partial charge in [-0.15, -0.1) is 0 Å². The van der Waals surface area contributed by atoms with E-state index in [0.29, 0.717) is 22.9 Å². The fraction of sp³-hybridized carbons (Fsp3) is 0.235. The van der Waals surface area contributed by atoms with Crippen LogP contribution < -0.4 is 9.46 Å². The smallest absolute Gasteiger partial charge is 0.341 e. The Bertz CT molecular complexity index is 989. The normalized spacial score (nSPS) is 20.8. The molecule has 0 spiro atoms. The monoisotopic (exact) mass is 423 g/mol. The molecule has 2 N–H and O–H groups in total. The maximum atomic E-state index is 12.7. The predicted molar refractivity (Wildman–Crippen MR) is 94.7 cm³/mol. The van der Waals surface area contributed by atoms with Crippen LogP contribution >= 0.6 is 15.9 Å². The summed E-state index contributed by atoms with van der Waals surface area (Å²) in [7, 11) is -3.95. The third-order valence-corrected chi connectivity index (χ3v) is 6.91. The minimum atomic E-state index is -3.95. The molecule has 25 heavy (non-hydrogen) atoms. The van der Waals surface area contributed by atoms with Gasteiger partial charge >= 0.3 is 5.97 Å². The van der Waals surface area contributed by atoms with E-state index in [1.165, 1.54) is 12.1 Å². The molecule has 8 heteroatoms. The van der Waals surface area contributed by atoms with Crippen molar-refractivity contribution in [1.29, 1.82) is 0 Å². The van der Waals surface area contributed by atoms with Crippen LogP contribution in [0.4, 0.5) is 5.69 Å². The van der Waals surface area contributed by atoms with Gasteiger partial charge in [-0.1, -0.05) is 18.2 Å². The zero-order valence-electron chi connectivity index (χ0n) is 12.9. The fourth-order valence-corrected chi connectivity index (χ4v) is 5.29. The van der Waals surface area contributed by atoms with Gasteiger partial charge < -0.3 is 9.84 Å². The second-order valence-electron chi connectivity index (χ2n) is 6.16. The third kappa shape index (κ3) is 2.79. The Hall–Kier alpha value is -2.06. The van der Waals surface area contributed by atoms with Gasteiger partial charge in [-0.2, -0.15) is 0 Å². The van der Waals surface area contributed by atoms with Gasteiger partial charge in [-0.25, -0.2) is 13.2 Å². The summed E-state index contributed by atoms with van der Waals surface area (Å²) < 4.78 is 33.7. The molecule has 0 saturated heterocycles. The number of sulfonamides is 1. The van der Waals surface area contributed by atoms with Crippen molar-refractivity contribution in [2.24, 2.45) is 5.92 Å². The average molecular weight is 424 g/mol. The highest BCUT2D eigenvalue weighted by molar-refractivity contribution is 9.10. The third-order valence-electron chi connectivity index (χ3n) is 4.54. The number of rotatable bonds is 4. The van der Waals surface area contributed by atoms with Gasteiger partial charge in [0, 0.05) is 10.4 Å². The summed E-state index contributed by atoms with van der Waals surface area (Å²) in [6, 6.07) is 9.60. The van der Waals surface area contributed by atoms with Crippen molar-refractivity contribution in [3.8, 4) is 5.75 Å². The molecule has 1 heterocycles. The molecule has 0 radical (unpaired) electrons. The van der Waals surface area contributed by atoms with E-state index in [1.807, 2.05) is 0 Å². The van der Waals surface area contributed by atoms with Crippen LogP contribution in [0.25, 0.3) is 0 Å². The van der Waals surface area contributed by atoms with Crippen molar-refractivity contribution in [3.63, 3.8) is 0 Å². The molecule has 2 aliphatic rings. The Morgan fingerprint density at radius 1 is 1.24 bits per heavy atom. The van der Waals surface area contributed by atoms with Crippen molar-refractivity contribution in [2.75, 3.05) is 11.3 Å². The first-order valence-electron chi connectivity index (χ1n) is 7.69. The number of halogens is 1. The number of carbonyl (C=O) groups is 1. The second kappa shape index (κ2) is 5.74. The van der Waals surface area contributed by atoms with E-state index >= 15 is 0 Å². The Morgan fingerprint density at radius 2 is 2.00 bits per heavy atom. The Balaban J connectivity index is 1.79. The Morgan fingerprint density at radius 3 is 2.72 bits per heavy atom. The van der Waals surface area contributed by atoms with E-state index in [2.05, 4.69) is 20.7 Å². The Labute approximate surface area is 153 Å². The number of fused-ring (bicyclic) bond motifs is 3. The lowest BCUT2D eigenvalue weighted by Gasteiger charge is -2.21. The molecule has 1 aliphatic carbocycles. The molecule has 2 unspecified atom stereocenters. The lowest BCUT2D eigenvalue weighted by molar-refractivity contribution is 0.0692. The largest absolute Gasteiger partial charge is 0.492 e. The summed E-state index contributed by atoms with van der Waals surface area (Å²) >= 11 is 3.21. The molecule has 130 valence electrons. The van der Waals surface area contributed by atoms with Gasteiger partial charge in [0.15, 0.2) is 0 Å². The molecule has 4 rings (SSSR count). The zero-order chi connectivity index (χ0) is 17.8. The zero-order valence-corrected chi connectivity index (χ0v) is 15.3. The molecule has 0 aromatic heterocycles. The van der Waals surface area contributed by atoms with Crippen LogP contribution in [0.1, 0.15) is 28.3 Å². The predicted octanol–water partition coefficient (Wildman–Crippen LogP) is 3.44. The molecule has 1 aliphatic heterocycles. The van der Waals surface area contributed by atoms with Crippen LogP contribution in [0.5, 0.6) is 5.75 Å². The molecular formula is C17H14BrNO5S. The molecule has 6 nitrogen and oxygen atoms in total. The molecule has 0 amide bonds. The van der Waals surface area contributed by atoms with Gasteiger partial charge in [-0.05, 0) is 52.0 Å². The number of hydrogen-bond acceptors (Lipinski definition) is 4. The van der Waals surface area contributed by atoms with Gasteiger partial charge in [0.05, 0.1) is 12.3 Å². The van der Waals surface area contributed by atoms with Gasteiger partial charge in [-0.3, -0.25) is 4.72 Å². The van der Waals surface area contributed by atoms with Crippen molar-refractivity contribution in [1.82, 2.24) is 0 Å². The maximum absolute atomic E-state index is 12.7. The minimum absolute atomic E-state index is 0.00102. The van der Waals surface area contributed by atoms with Crippen LogP contribution in [-0.2, 0) is 10.0 Å². The van der Waals surface area contributed by atoms with E-state index in [0.717, 1.165) is 12.0 Å². The number of aromatic carboxylic acids is 1. The first kappa shape index (κ1) is 16.4.